The largest absolute Gasteiger partial charge is 0.464 e. The molecule has 2 bridgehead atoms. The maximum Gasteiger partial charge on any atom is 0.310 e. The number of hydrogen-bond acceptors (Lipinski definition) is 4. The fourth-order valence-corrected chi connectivity index (χ4v) is 4.34. The molecular formula is C17H28O4. The molecule has 2 aliphatic carbocycles. The molecule has 6 unspecified atom stereocenters. The van der Waals surface area contributed by atoms with Crippen LogP contribution in [0.25, 0.3) is 0 Å². The van der Waals surface area contributed by atoms with Gasteiger partial charge in [-0.05, 0) is 63.2 Å². The van der Waals surface area contributed by atoms with Crippen molar-refractivity contribution in [3.63, 3.8) is 0 Å². The van der Waals surface area contributed by atoms with Gasteiger partial charge in [0.05, 0.1) is 6.42 Å². The zero-order chi connectivity index (χ0) is 15.8. The van der Waals surface area contributed by atoms with Crippen LogP contribution in [0.2, 0.25) is 0 Å². The summed E-state index contributed by atoms with van der Waals surface area (Å²) in [5.74, 6) is 2.69. The van der Waals surface area contributed by atoms with Crippen molar-refractivity contribution in [3.05, 3.63) is 0 Å². The van der Waals surface area contributed by atoms with Gasteiger partial charge in [0, 0.05) is 0 Å². The maximum absolute atomic E-state index is 12.0. The van der Waals surface area contributed by atoms with Crippen LogP contribution >= 0.6 is 0 Å². The highest BCUT2D eigenvalue weighted by molar-refractivity contribution is 5.70. The molecule has 0 aromatic carbocycles. The van der Waals surface area contributed by atoms with Gasteiger partial charge in [0.25, 0.3) is 6.47 Å². The van der Waals surface area contributed by atoms with E-state index in [2.05, 4.69) is 13.8 Å². The fraction of sp³-hybridized carbons (Fsp3) is 0.882. The first-order chi connectivity index (χ1) is 9.73. The third-order valence-electron chi connectivity index (χ3n) is 5.44. The van der Waals surface area contributed by atoms with Crippen LogP contribution in [0.4, 0.5) is 0 Å². The van der Waals surface area contributed by atoms with Gasteiger partial charge in [-0.25, -0.2) is 0 Å². The van der Waals surface area contributed by atoms with Crippen molar-refractivity contribution < 1.29 is 19.1 Å². The minimum Gasteiger partial charge on any atom is -0.464 e. The minimum absolute atomic E-state index is 0.172. The van der Waals surface area contributed by atoms with Crippen LogP contribution in [0.3, 0.4) is 0 Å². The molecule has 2 fully saturated rings. The molecule has 0 radical (unpaired) electrons. The molecule has 0 amide bonds. The van der Waals surface area contributed by atoms with E-state index in [0.29, 0.717) is 30.1 Å². The van der Waals surface area contributed by atoms with Crippen molar-refractivity contribution >= 4 is 12.4 Å². The summed E-state index contributed by atoms with van der Waals surface area (Å²) in [6.45, 7) is 10.6. The number of ether oxygens (including phenoxy) is 2. The first-order valence-electron chi connectivity index (χ1n) is 8.04. The Bertz CT molecular complexity index is 396. The van der Waals surface area contributed by atoms with Gasteiger partial charge in [0.2, 0.25) is 0 Å². The summed E-state index contributed by atoms with van der Waals surface area (Å²) in [5, 5.41) is 0. The normalized spacial score (nSPS) is 36.3. The number of hydrogen-bond donors (Lipinski definition) is 0. The van der Waals surface area contributed by atoms with Crippen LogP contribution < -0.4 is 0 Å². The Hall–Kier alpha value is -1.06. The Labute approximate surface area is 127 Å². The lowest BCUT2D eigenvalue weighted by molar-refractivity contribution is -0.161. The Morgan fingerprint density at radius 1 is 1.24 bits per heavy atom. The van der Waals surface area contributed by atoms with E-state index in [1.165, 1.54) is 6.42 Å². The smallest absolute Gasteiger partial charge is 0.310 e. The lowest BCUT2D eigenvalue weighted by Crippen LogP contribution is -2.37. The van der Waals surface area contributed by atoms with Crippen LogP contribution in [-0.4, -0.2) is 24.1 Å². The van der Waals surface area contributed by atoms with Crippen LogP contribution in [-0.2, 0) is 19.1 Å². The number of rotatable bonds is 5. The summed E-state index contributed by atoms with van der Waals surface area (Å²) in [6.07, 6.45) is 2.12. The number of carbonyl (C=O) groups excluding carboxylic acids is 2. The topological polar surface area (TPSA) is 52.6 Å². The van der Waals surface area contributed by atoms with Crippen LogP contribution in [0.5, 0.6) is 0 Å². The Kier molecular flexibility index (Phi) is 4.64. The van der Waals surface area contributed by atoms with Crippen molar-refractivity contribution in [3.8, 4) is 0 Å². The van der Waals surface area contributed by atoms with Crippen molar-refractivity contribution in [2.24, 2.45) is 29.6 Å². The van der Waals surface area contributed by atoms with Gasteiger partial charge in [-0.2, -0.15) is 0 Å². The highest BCUT2D eigenvalue weighted by Gasteiger charge is 2.51. The molecule has 0 aliphatic heterocycles. The second kappa shape index (κ2) is 5.98. The maximum atomic E-state index is 12.0. The highest BCUT2D eigenvalue weighted by atomic mass is 16.6. The quantitative estimate of drug-likeness (QED) is 0.577. The molecule has 0 aromatic rings. The van der Waals surface area contributed by atoms with E-state index in [1.54, 1.807) is 0 Å². The highest BCUT2D eigenvalue weighted by Crippen LogP contribution is 2.56. The Balaban J connectivity index is 2.00. The van der Waals surface area contributed by atoms with Gasteiger partial charge in [-0.1, -0.05) is 13.8 Å². The molecule has 4 heteroatoms. The average Bonchev–Trinajstić information content (AvgIpc) is 2.88. The Morgan fingerprint density at radius 3 is 2.38 bits per heavy atom. The minimum atomic E-state index is -0.501. The first kappa shape index (κ1) is 16.3. The molecule has 21 heavy (non-hydrogen) atoms. The van der Waals surface area contributed by atoms with Crippen LogP contribution in [0.15, 0.2) is 0 Å². The van der Waals surface area contributed by atoms with E-state index < -0.39 is 5.60 Å². The summed E-state index contributed by atoms with van der Waals surface area (Å²) in [7, 11) is 0. The van der Waals surface area contributed by atoms with Crippen LogP contribution in [0, 0.1) is 29.6 Å². The second-order valence-corrected chi connectivity index (χ2v) is 7.84. The number of fused-ring (bicyclic) bond motifs is 2. The second-order valence-electron chi connectivity index (χ2n) is 7.84. The third kappa shape index (κ3) is 3.58. The van der Waals surface area contributed by atoms with E-state index >= 15 is 0 Å². The molecule has 2 rings (SSSR count). The summed E-state index contributed by atoms with van der Waals surface area (Å²) in [5.41, 5.74) is -0.501. The van der Waals surface area contributed by atoms with E-state index in [9.17, 15) is 9.59 Å². The third-order valence-corrected chi connectivity index (χ3v) is 5.44. The van der Waals surface area contributed by atoms with Crippen molar-refractivity contribution in [2.45, 2.75) is 65.6 Å². The monoisotopic (exact) mass is 296 g/mol. The van der Waals surface area contributed by atoms with E-state index in [4.69, 9.17) is 9.47 Å². The van der Waals surface area contributed by atoms with Crippen LogP contribution in [0.1, 0.15) is 53.9 Å². The van der Waals surface area contributed by atoms with Gasteiger partial charge in [0.15, 0.2) is 0 Å². The van der Waals surface area contributed by atoms with Gasteiger partial charge in [0.1, 0.15) is 11.7 Å². The van der Waals surface area contributed by atoms with E-state index in [-0.39, 0.29) is 18.5 Å². The number of esters is 1. The molecule has 120 valence electrons. The van der Waals surface area contributed by atoms with Crippen molar-refractivity contribution in [1.29, 1.82) is 0 Å². The first-order valence-corrected chi connectivity index (χ1v) is 8.04. The molecule has 2 saturated carbocycles. The lowest BCUT2D eigenvalue weighted by atomic mass is 9.73. The summed E-state index contributed by atoms with van der Waals surface area (Å²) >= 11 is 0. The summed E-state index contributed by atoms with van der Waals surface area (Å²) < 4.78 is 10.6. The summed E-state index contributed by atoms with van der Waals surface area (Å²) in [4.78, 5) is 22.9. The van der Waals surface area contributed by atoms with Crippen molar-refractivity contribution in [2.75, 3.05) is 0 Å². The lowest BCUT2D eigenvalue weighted by Gasteiger charge is -2.35. The molecule has 6 atom stereocenters. The van der Waals surface area contributed by atoms with Gasteiger partial charge in [-0.15, -0.1) is 0 Å². The summed E-state index contributed by atoms with van der Waals surface area (Å²) in [6, 6.07) is 0. The number of carbonyl (C=O) groups is 2. The molecule has 0 aromatic heterocycles. The van der Waals surface area contributed by atoms with E-state index in [0.717, 1.165) is 12.3 Å². The zero-order valence-electron chi connectivity index (χ0n) is 13.8. The van der Waals surface area contributed by atoms with Gasteiger partial charge >= 0.3 is 5.97 Å². The molecule has 0 saturated heterocycles. The predicted octanol–water partition coefficient (Wildman–Crippen LogP) is 3.19. The Morgan fingerprint density at radius 2 is 1.90 bits per heavy atom. The SMILES string of the molecule is CC1C2CC(C(CC(=O)OC(C)(C)C)OC=O)C(C2)C1C. The fourth-order valence-electron chi connectivity index (χ4n) is 4.34. The van der Waals surface area contributed by atoms with Crippen molar-refractivity contribution in [1.82, 2.24) is 0 Å². The molecule has 4 nitrogen and oxygen atoms in total. The molecule has 0 spiro atoms. The molecule has 0 N–H and O–H groups in total. The molecule has 0 heterocycles. The molecular weight excluding hydrogens is 268 g/mol. The zero-order valence-corrected chi connectivity index (χ0v) is 13.8. The standard InChI is InChI=1S/C17H28O4/c1-10-11(2)13-6-12(10)7-14(13)15(20-9-18)8-16(19)21-17(3,4)5/h9-15H,6-8H2,1-5H3. The van der Waals surface area contributed by atoms with Gasteiger partial charge < -0.3 is 9.47 Å². The van der Waals surface area contributed by atoms with Gasteiger partial charge in [-0.3, -0.25) is 9.59 Å². The average molecular weight is 296 g/mol. The predicted molar refractivity (Wildman–Crippen MR) is 79.4 cm³/mol. The van der Waals surface area contributed by atoms with E-state index in [1.807, 2.05) is 20.8 Å². The molecule has 2 aliphatic rings.